The Bertz CT molecular complexity index is 980. The molecular formula is C23H30N2O3S2. The molecule has 0 unspecified atom stereocenters. The maximum atomic E-state index is 13.0. The molecule has 3 rings (SSSR count). The zero-order chi connectivity index (χ0) is 21.7. The van der Waals surface area contributed by atoms with Crippen LogP contribution in [-0.4, -0.2) is 44.0 Å². The summed E-state index contributed by atoms with van der Waals surface area (Å²) in [4.78, 5) is 14.0. The average molecular weight is 447 g/mol. The Balaban J connectivity index is 1.62. The van der Waals surface area contributed by atoms with E-state index in [0.29, 0.717) is 31.1 Å². The van der Waals surface area contributed by atoms with E-state index in [1.165, 1.54) is 15.9 Å². The molecule has 0 radical (unpaired) electrons. The van der Waals surface area contributed by atoms with Gasteiger partial charge in [0.15, 0.2) is 0 Å². The van der Waals surface area contributed by atoms with E-state index in [0.717, 1.165) is 29.1 Å². The molecular weight excluding hydrogens is 416 g/mol. The highest BCUT2D eigenvalue weighted by molar-refractivity contribution is 7.99. The van der Waals surface area contributed by atoms with Gasteiger partial charge in [-0.1, -0.05) is 30.7 Å². The molecule has 1 N–H and O–H groups in total. The Morgan fingerprint density at radius 3 is 2.43 bits per heavy atom. The van der Waals surface area contributed by atoms with E-state index < -0.39 is 10.0 Å². The standard InChI is InChI=1S/C23H30N2O3S2/c1-17-4-7-20(8-5-17)29-15-12-24-23(26)22-16-21(9-6-19(22)3)30(27,28)25-13-10-18(2)11-14-25/h4-9,16,18H,10-15H2,1-3H3,(H,24,26). The molecule has 1 saturated heterocycles. The summed E-state index contributed by atoms with van der Waals surface area (Å²) < 4.78 is 27.6. The summed E-state index contributed by atoms with van der Waals surface area (Å²) in [5.41, 5.74) is 2.41. The molecule has 0 aromatic heterocycles. The number of carbonyl (C=O) groups is 1. The van der Waals surface area contributed by atoms with Crippen molar-refractivity contribution in [3.63, 3.8) is 0 Å². The second-order valence-electron chi connectivity index (χ2n) is 7.98. The lowest BCUT2D eigenvalue weighted by Gasteiger charge is -2.29. The molecule has 2 aromatic carbocycles. The predicted octanol–water partition coefficient (Wildman–Crippen LogP) is 4.25. The zero-order valence-electron chi connectivity index (χ0n) is 17.8. The first-order valence-corrected chi connectivity index (χ1v) is 12.8. The zero-order valence-corrected chi connectivity index (χ0v) is 19.5. The molecule has 5 nitrogen and oxygen atoms in total. The molecule has 162 valence electrons. The lowest BCUT2D eigenvalue weighted by molar-refractivity contribution is 0.0955. The number of thioether (sulfide) groups is 1. The van der Waals surface area contributed by atoms with E-state index >= 15 is 0 Å². The molecule has 2 aromatic rings. The number of nitrogens with one attached hydrogen (secondary N) is 1. The van der Waals surface area contributed by atoms with Gasteiger partial charge in [-0.2, -0.15) is 4.31 Å². The highest BCUT2D eigenvalue weighted by Crippen LogP contribution is 2.25. The van der Waals surface area contributed by atoms with Crippen LogP contribution in [0.25, 0.3) is 0 Å². The lowest BCUT2D eigenvalue weighted by Crippen LogP contribution is -2.38. The Morgan fingerprint density at radius 1 is 1.10 bits per heavy atom. The van der Waals surface area contributed by atoms with Crippen LogP contribution in [-0.2, 0) is 10.0 Å². The second kappa shape index (κ2) is 9.98. The molecule has 0 bridgehead atoms. The number of rotatable bonds is 7. The maximum Gasteiger partial charge on any atom is 0.251 e. The molecule has 0 aliphatic carbocycles. The van der Waals surface area contributed by atoms with Crippen LogP contribution < -0.4 is 5.32 Å². The second-order valence-corrected chi connectivity index (χ2v) is 11.1. The third kappa shape index (κ3) is 5.65. The van der Waals surface area contributed by atoms with Crippen molar-refractivity contribution >= 4 is 27.7 Å². The van der Waals surface area contributed by atoms with Gasteiger partial charge in [0.25, 0.3) is 5.91 Å². The summed E-state index contributed by atoms with van der Waals surface area (Å²) in [5.74, 6) is 1.06. The third-order valence-corrected chi connectivity index (χ3v) is 8.42. The Morgan fingerprint density at radius 2 is 1.77 bits per heavy atom. The van der Waals surface area contributed by atoms with Crippen molar-refractivity contribution in [2.45, 2.75) is 43.4 Å². The fourth-order valence-corrected chi connectivity index (χ4v) is 5.71. The van der Waals surface area contributed by atoms with Crippen LogP contribution in [0.4, 0.5) is 0 Å². The van der Waals surface area contributed by atoms with Gasteiger partial charge >= 0.3 is 0 Å². The number of carbonyl (C=O) groups excluding carboxylic acids is 1. The van der Waals surface area contributed by atoms with Gasteiger partial charge in [0.1, 0.15) is 0 Å². The van der Waals surface area contributed by atoms with E-state index in [2.05, 4.69) is 43.4 Å². The van der Waals surface area contributed by atoms with Crippen molar-refractivity contribution in [1.82, 2.24) is 9.62 Å². The molecule has 1 aliphatic rings. The van der Waals surface area contributed by atoms with Crippen molar-refractivity contribution in [2.24, 2.45) is 5.92 Å². The highest BCUT2D eigenvalue weighted by atomic mass is 32.2. The lowest BCUT2D eigenvalue weighted by atomic mass is 10.0. The van der Waals surface area contributed by atoms with Crippen LogP contribution in [0.2, 0.25) is 0 Å². The number of benzene rings is 2. The number of nitrogens with zero attached hydrogens (tertiary/aromatic N) is 1. The summed E-state index contributed by atoms with van der Waals surface area (Å²) in [6, 6.07) is 13.1. The maximum absolute atomic E-state index is 13.0. The van der Waals surface area contributed by atoms with Crippen LogP contribution in [0, 0.1) is 19.8 Å². The monoisotopic (exact) mass is 446 g/mol. The highest BCUT2D eigenvalue weighted by Gasteiger charge is 2.28. The van der Waals surface area contributed by atoms with Crippen molar-refractivity contribution in [3.05, 3.63) is 59.2 Å². The van der Waals surface area contributed by atoms with Crippen molar-refractivity contribution in [2.75, 3.05) is 25.4 Å². The third-order valence-electron chi connectivity index (χ3n) is 5.51. The molecule has 30 heavy (non-hydrogen) atoms. The van der Waals surface area contributed by atoms with Gasteiger partial charge in [0, 0.05) is 35.8 Å². The smallest absolute Gasteiger partial charge is 0.251 e. The van der Waals surface area contributed by atoms with Crippen LogP contribution in [0.15, 0.2) is 52.3 Å². The first-order valence-electron chi connectivity index (χ1n) is 10.4. The summed E-state index contributed by atoms with van der Waals surface area (Å²) in [6.07, 6.45) is 1.74. The predicted molar refractivity (Wildman–Crippen MR) is 123 cm³/mol. The molecule has 0 saturated carbocycles. The van der Waals surface area contributed by atoms with Crippen LogP contribution in [0.5, 0.6) is 0 Å². The Hall–Kier alpha value is -1.83. The fourth-order valence-electron chi connectivity index (χ4n) is 3.44. The van der Waals surface area contributed by atoms with Crippen LogP contribution in [0.3, 0.4) is 0 Å². The Labute approximate surface area is 184 Å². The largest absolute Gasteiger partial charge is 0.351 e. The molecule has 7 heteroatoms. The summed E-state index contributed by atoms with van der Waals surface area (Å²) in [5, 5.41) is 2.92. The van der Waals surface area contributed by atoms with Crippen molar-refractivity contribution in [3.8, 4) is 0 Å². The molecule has 1 heterocycles. The molecule has 1 amide bonds. The number of sulfonamides is 1. The first-order chi connectivity index (χ1) is 14.3. The van der Waals surface area contributed by atoms with Gasteiger partial charge in [-0.3, -0.25) is 4.79 Å². The minimum absolute atomic E-state index is 0.196. The quantitative estimate of drug-likeness (QED) is 0.510. The number of hydrogen-bond donors (Lipinski definition) is 1. The van der Waals surface area contributed by atoms with Crippen molar-refractivity contribution < 1.29 is 13.2 Å². The number of hydrogen-bond acceptors (Lipinski definition) is 4. The molecule has 0 spiro atoms. The van der Waals surface area contributed by atoms with Gasteiger partial charge in [0.05, 0.1) is 4.90 Å². The summed E-state index contributed by atoms with van der Waals surface area (Å²) >= 11 is 1.68. The van der Waals surface area contributed by atoms with E-state index in [-0.39, 0.29) is 10.8 Å². The number of piperidine rings is 1. The topological polar surface area (TPSA) is 66.5 Å². The molecule has 1 fully saturated rings. The average Bonchev–Trinajstić information content (AvgIpc) is 2.73. The van der Waals surface area contributed by atoms with Gasteiger partial charge < -0.3 is 5.32 Å². The van der Waals surface area contributed by atoms with Gasteiger partial charge in [-0.05, 0) is 62.4 Å². The minimum atomic E-state index is -3.57. The number of aryl methyl sites for hydroxylation is 2. The SMILES string of the molecule is Cc1ccc(SCCNC(=O)c2cc(S(=O)(=O)N3CCC(C)CC3)ccc2C)cc1. The van der Waals surface area contributed by atoms with Gasteiger partial charge in [-0.25, -0.2) is 8.42 Å². The van der Waals surface area contributed by atoms with Gasteiger partial charge in [-0.15, -0.1) is 11.8 Å². The Kier molecular flexibility index (Phi) is 7.60. The van der Waals surface area contributed by atoms with E-state index in [1.807, 2.05) is 6.92 Å². The van der Waals surface area contributed by atoms with Gasteiger partial charge in [0.2, 0.25) is 10.0 Å². The summed E-state index contributed by atoms with van der Waals surface area (Å²) in [7, 11) is -3.57. The number of amides is 1. The fraction of sp³-hybridized carbons (Fsp3) is 0.435. The van der Waals surface area contributed by atoms with E-state index in [1.54, 1.807) is 23.9 Å². The van der Waals surface area contributed by atoms with Crippen molar-refractivity contribution in [1.29, 1.82) is 0 Å². The van der Waals surface area contributed by atoms with Crippen LogP contribution >= 0.6 is 11.8 Å². The van der Waals surface area contributed by atoms with E-state index in [9.17, 15) is 13.2 Å². The first kappa shape index (κ1) is 22.8. The van der Waals surface area contributed by atoms with Crippen LogP contribution in [0.1, 0.15) is 41.3 Å². The molecule has 1 aliphatic heterocycles. The van der Waals surface area contributed by atoms with E-state index in [4.69, 9.17) is 0 Å². The summed E-state index contributed by atoms with van der Waals surface area (Å²) in [6.45, 7) is 7.61. The molecule has 0 atom stereocenters. The normalized spacial score (nSPS) is 15.8. The minimum Gasteiger partial charge on any atom is -0.351 e.